The van der Waals surface area contributed by atoms with Gasteiger partial charge in [0.2, 0.25) is 11.8 Å². The van der Waals surface area contributed by atoms with Crippen molar-refractivity contribution in [2.24, 2.45) is 5.10 Å². The first-order valence-electron chi connectivity index (χ1n) is 8.35. The summed E-state index contributed by atoms with van der Waals surface area (Å²) in [5.74, 6) is -0.984. The molecule has 2 rings (SSSR count). The van der Waals surface area contributed by atoms with Crippen LogP contribution in [0.5, 0.6) is 0 Å². The lowest BCUT2D eigenvalue weighted by molar-refractivity contribution is -0.394. The molecule has 2 amide bonds. The third-order valence-electron chi connectivity index (χ3n) is 3.67. The molecule has 2 N–H and O–H groups in total. The summed E-state index contributed by atoms with van der Waals surface area (Å²) in [7, 11) is 0. The largest absolute Gasteiger partial charge is 0.326 e. The Bertz CT molecular complexity index is 974. The molecule has 0 aliphatic carbocycles. The average molecular weight is 399 g/mol. The second-order valence-electron chi connectivity index (χ2n) is 5.98. The number of carbonyl (C=O) groups is 2. The van der Waals surface area contributed by atoms with Crippen molar-refractivity contribution in [2.75, 3.05) is 5.32 Å². The highest BCUT2D eigenvalue weighted by molar-refractivity contribution is 6.05. The number of non-ortho nitro benzene ring substituents is 1. The van der Waals surface area contributed by atoms with Crippen LogP contribution in [0.25, 0.3) is 0 Å². The second kappa shape index (κ2) is 9.69. The fraction of sp³-hybridized carbons (Fsp3) is 0.167. The van der Waals surface area contributed by atoms with E-state index in [2.05, 4.69) is 15.8 Å². The number of para-hydroxylation sites is 1. The number of nitro benzene ring substituents is 2. The van der Waals surface area contributed by atoms with Crippen LogP contribution in [0.2, 0.25) is 0 Å². The lowest BCUT2D eigenvalue weighted by atomic mass is 10.1. The van der Waals surface area contributed by atoms with Gasteiger partial charge in [0.05, 0.1) is 28.8 Å². The fourth-order valence-electron chi connectivity index (χ4n) is 2.35. The zero-order valence-electron chi connectivity index (χ0n) is 15.3. The van der Waals surface area contributed by atoms with Crippen molar-refractivity contribution in [2.45, 2.75) is 19.8 Å². The van der Waals surface area contributed by atoms with E-state index in [1.165, 1.54) is 0 Å². The van der Waals surface area contributed by atoms with E-state index in [0.29, 0.717) is 11.4 Å². The maximum atomic E-state index is 12.0. The Hall–Kier alpha value is -4.15. The van der Waals surface area contributed by atoms with E-state index < -0.39 is 33.5 Å². The van der Waals surface area contributed by atoms with Crippen molar-refractivity contribution in [1.82, 2.24) is 5.43 Å². The Kier molecular flexibility index (Phi) is 7.07. The zero-order valence-corrected chi connectivity index (χ0v) is 15.3. The summed E-state index contributed by atoms with van der Waals surface area (Å²) in [6.07, 6.45) is -0.464. The van der Waals surface area contributed by atoms with Crippen LogP contribution in [0, 0.1) is 20.2 Å². The molecule has 0 atom stereocenters. The van der Waals surface area contributed by atoms with E-state index in [1.54, 1.807) is 31.2 Å². The lowest BCUT2D eigenvalue weighted by Gasteiger charge is -2.06. The van der Waals surface area contributed by atoms with Crippen molar-refractivity contribution in [3.8, 4) is 0 Å². The lowest BCUT2D eigenvalue weighted by Crippen LogP contribution is -2.23. The molecule has 0 saturated carbocycles. The number of nitro groups is 2. The molecule has 0 heterocycles. The van der Waals surface area contributed by atoms with Gasteiger partial charge in [-0.3, -0.25) is 29.8 Å². The van der Waals surface area contributed by atoms with Gasteiger partial charge in [-0.25, -0.2) is 5.43 Å². The summed E-state index contributed by atoms with van der Waals surface area (Å²) in [6, 6.07) is 11.8. The fourth-order valence-corrected chi connectivity index (χ4v) is 2.35. The van der Waals surface area contributed by atoms with Crippen molar-refractivity contribution in [1.29, 1.82) is 0 Å². The first kappa shape index (κ1) is 21.2. The first-order valence-corrected chi connectivity index (χ1v) is 8.35. The molecule has 2 aromatic carbocycles. The highest BCUT2D eigenvalue weighted by Crippen LogP contribution is 2.25. The molecule has 0 radical (unpaired) electrons. The number of carbonyl (C=O) groups excluding carboxylic acids is 2. The molecule has 11 heteroatoms. The van der Waals surface area contributed by atoms with E-state index >= 15 is 0 Å². The van der Waals surface area contributed by atoms with Gasteiger partial charge < -0.3 is 5.32 Å². The van der Waals surface area contributed by atoms with E-state index in [9.17, 15) is 29.8 Å². The van der Waals surface area contributed by atoms with Crippen LogP contribution in [0.3, 0.4) is 0 Å². The molecular weight excluding hydrogens is 382 g/mol. The van der Waals surface area contributed by atoms with Crippen LogP contribution in [-0.4, -0.2) is 27.4 Å². The number of nitrogens with one attached hydrogen (secondary N) is 2. The maximum Gasteiger partial charge on any atom is 0.279 e. The van der Waals surface area contributed by atoms with Gasteiger partial charge in [0.1, 0.15) is 0 Å². The SMILES string of the molecule is C/C(CC(=O)Nc1ccccc1)=N/NC(=O)Cc1ccc([N+](=O)[O-])cc1[N+](=O)[O-]. The topological polar surface area (TPSA) is 157 Å². The molecule has 0 saturated heterocycles. The normalized spacial score (nSPS) is 10.9. The molecular formula is C18H17N5O6. The Balaban J connectivity index is 1.95. The Labute approximate surface area is 164 Å². The minimum Gasteiger partial charge on any atom is -0.326 e. The van der Waals surface area contributed by atoms with Gasteiger partial charge in [0.25, 0.3) is 11.4 Å². The number of hydrazone groups is 1. The molecule has 0 aliphatic heterocycles. The van der Waals surface area contributed by atoms with Gasteiger partial charge in [-0.15, -0.1) is 0 Å². The maximum absolute atomic E-state index is 12.0. The van der Waals surface area contributed by atoms with E-state index in [-0.39, 0.29) is 17.9 Å². The number of rotatable bonds is 8. The molecule has 29 heavy (non-hydrogen) atoms. The van der Waals surface area contributed by atoms with Crippen LogP contribution in [0.1, 0.15) is 18.9 Å². The van der Waals surface area contributed by atoms with Gasteiger partial charge in [-0.2, -0.15) is 5.10 Å². The third kappa shape index (κ3) is 6.50. The van der Waals surface area contributed by atoms with E-state index in [1.807, 2.05) is 6.07 Å². The summed E-state index contributed by atoms with van der Waals surface area (Å²) in [5, 5.41) is 28.3. The van der Waals surface area contributed by atoms with Crippen LogP contribution in [0.15, 0.2) is 53.6 Å². The van der Waals surface area contributed by atoms with Gasteiger partial charge in [0, 0.05) is 23.0 Å². The van der Waals surface area contributed by atoms with Crippen molar-refractivity contribution < 1.29 is 19.4 Å². The minimum absolute atomic E-state index is 0.00720. The van der Waals surface area contributed by atoms with Gasteiger partial charge >= 0.3 is 0 Å². The Morgan fingerprint density at radius 3 is 2.31 bits per heavy atom. The summed E-state index contributed by atoms with van der Waals surface area (Å²) in [6.45, 7) is 1.54. The quantitative estimate of drug-likeness (QED) is 0.394. The van der Waals surface area contributed by atoms with E-state index in [4.69, 9.17) is 0 Å². The molecule has 0 spiro atoms. The van der Waals surface area contributed by atoms with Crippen molar-refractivity contribution in [3.05, 3.63) is 74.3 Å². The number of amides is 2. The number of anilines is 1. The standard InChI is InChI=1S/C18H17N5O6/c1-12(9-17(24)19-14-5-3-2-4-6-14)20-21-18(25)10-13-7-8-15(22(26)27)11-16(13)23(28)29/h2-8,11H,9-10H2,1H3,(H,19,24)(H,21,25)/b20-12-. The number of benzene rings is 2. The smallest absolute Gasteiger partial charge is 0.279 e. The monoisotopic (exact) mass is 399 g/mol. The molecule has 0 aliphatic rings. The Morgan fingerprint density at radius 2 is 1.69 bits per heavy atom. The summed E-state index contributed by atoms with van der Waals surface area (Å²) in [5.41, 5.74) is 2.20. The highest BCUT2D eigenvalue weighted by atomic mass is 16.6. The number of nitrogens with zero attached hydrogens (tertiary/aromatic N) is 3. The van der Waals surface area contributed by atoms with Crippen molar-refractivity contribution >= 4 is 34.6 Å². The van der Waals surface area contributed by atoms with Crippen LogP contribution in [0.4, 0.5) is 17.1 Å². The van der Waals surface area contributed by atoms with Gasteiger partial charge in [-0.1, -0.05) is 18.2 Å². The molecule has 0 fully saturated rings. The molecule has 2 aromatic rings. The minimum atomic E-state index is -0.794. The molecule has 150 valence electrons. The highest BCUT2D eigenvalue weighted by Gasteiger charge is 2.21. The number of hydrogen-bond acceptors (Lipinski definition) is 7. The summed E-state index contributed by atoms with van der Waals surface area (Å²) in [4.78, 5) is 44.2. The van der Waals surface area contributed by atoms with E-state index in [0.717, 1.165) is 18.2 Å². The predicted octanol–water partition coefficient (Wildman–Crippen LogP) is 2.57. The molecule has 11 nitrogen and oxygen atoms in total. The van der Waals surface area contributed by atoms with Gasteiger partial charge in [0.15, 0.2) is 0 Å². The van der Waals surface area contributed by atoms with Gasteiger partial charge in [-0.05, 0) is 25.1 Å². The van der Waals surface area contributed by atoms with Crippen LogP contribution in [-0.2, 0) is 16.0 Å². The predicted molar refractivity (Wildman–Crippen MR) is 104 cm³/mol. The zero-order chi connectivity index (χ0) is 21.4. The van der Waals surface area contributed by atoms with Crippen molar-refractivity contribution in [3.63, 3.8) is 0 Å². The average Bonchev–Trinajstić information content (AvgIpc) is 2.67. The summed E-state index contributed by atoms with van der Waals surface area (Å²) >= 11 is 0. The summed E-state index contributed by atoms with van der Waals surface area (Å²) < 4.78 is 0. The van der Waals surface area contributed by atoms with Crippen LogP contribution >= 0.6 is 0 Å². The first-order chi connectivity index (χ1) is 13.8. The Morgan fingerprint density at radius 1 is 1.00 bits per heavy atom. The second-order valence-corrected chi connectivity index (χ2v) is 5.98. The number of hydrogen-bond donors (Lipinski definition) is 2. The molecule has 0 bridgehead atoms. The molecule has 0 aromatic heterocycles. The third-order valence-corrected chi connectivity index (χ3v) is 3.67. The van der Waals surface area contributed by atoms with Crippen LogP contribution < -0.4 is 10.7 Å². The molecule has 0 unspecified atom stereocenters.